The van der Waals surface area contributed by atoms with Crippen molar-refractivity contribution < 1.29 is 5.11 Å². The normalized spacial score (nSPS) is 9.67. The van der Waals surface area contributed by atoms with Crippen molar-refractivity contribution in [2.75, 3.05) is 0 Å². The molecule has 1 aromatic rings. The summed E-state index contributed by atoms with van der Waals surface area (Å²) in [6, 6.07) is 7.63. The molecule has 15 heavy (non-hydrogen) atoms. The molecule has 0 spiro atoms. The Hall–Kier alpha value is 0.591. The summed E-state index contributed by atoms with van der Waals surface area (Å²) in [5.74, 6) is 0.447. The van der Waals surface area contributed by atoms with Crippen molar-refractivity contribution in [2.24, 2.45) is 0 Å². The topological polar surface area (TPSA) is 20.2 Å². The van der Waals surface area contributed by atoms with E-state index in [0.717, 1.165) is 12.0 Å². The maximum absolute atomic E-state index is 9.51. The van der Waals surface area contributed by atoms with E-state index in [-0.39, 0.29) is 48.9 Å². The fraction of sp³-hybridized carbons (Fsp3) is 0.538. The number of hydrogen-bond acceptors (Lipinski definition) is 1. The molecule has 0 atom stereocenters. The molecule has 0 bridgehead atoms. The summed E-state index contributed by atoms with van der Waals surface area (Å²) < 4.78 is 0. The molecule has 0 unspecified atom stereocenters. The van der Waals surface area contributed by atoms with Crippen LogP contribution < -0.4 is 0 Å². The molecule has 0 radical (unpaired) electrons. The van der Waals surface area contributed by atoms with Crippen molar-refractivity contribution >= 4 is 48.9 Å². The average molecular weight is 332 g/mol. The predicted molar refractivity (Wildman–Crippen MR) is 69.1 cm³/mol. The molecule has 0 aliphatic heterocycles. The van der Waals surface area contributed by atoms with E-state index in [9.17, 15) is 5.11 Å². The summed E-state index contributed by atoms with van der Waals surface area (Å²) in [5, 5.41) is 9.51. The number of phenols is 1. The van der Waals surface area contributed by atoms with Gasteiger partial charge in [0.05, 0.1) is 0 Å². The molecule has 2 heteroatoms. The van der Waals surface area contributed by atoms with Gasteiger partial charge in [0, 0.05) is 0 Å². The fourth-order valence-electron chi connectivity index (χ4n) is 1.64. The van der Waals surface area contributed by atoms with Crippen LogP contribution in [0.3, 0.4) is 0 Å². The van der Waals surface area contributed by atoms with E-state index in [1.165, 1.54) is 32.1 Å². The van der Waals surface area contributed by atoms with Crippen LogP contribution in [0.15, 0.2) is 24.3 Å². The van der Waals surface area contributed by atoms with Crippen LogP contribution in [0.25, 0.3) is 0 Å². The van der Waals surface area contributed by atoms with Crippen LogP contribution in [0.1, 0.15) is 44.6 Å². The van der Waals surface area contributed by atoms with Crippen LogP contribution in [0.2, 0.25) is 0 Å². The molecular formula is C13H22BaO. The van der Waals surface area contributed by atoms with Crippen LogP contribution in [0, 0.1) is 0 Å². The Morgan fingerprint density at radius 2 is 1.67 bits per heavy atom. The van der Waals surface area contributed by atoms with Gasteiger partial charge in [-0.15, -0.1) is 0 Å². The molecule has 0 aromatic heterocycles. The number of benzene rings is 1. The summed E-state index contributed by atoms with van der Waals surface area (Å²) in [4.78, 5) is 0. The van der Waals surface area contributed by atoms with Crippen LogP contribution in [-0.2, 0) is 6.42 Å². The standard InChI is InChI=1S/C13H20O.Ba.2H/c1-2-3-4-5-6-9-12-10-7-8-11-13(12)14;;;/h7-8,10-11,14H,2-6,9H2,1H3;;;. The van der Waals surface area contributed by atoms with Crippen LogP contribution in [-0.4, -0.2) is 54.0 Å². The first-order chi connectivity index (χ1) is 6.84. The molecule has 0 fully saturated rings. The molecule has 1 aromatic carbocycles. The Bertz CT molecular complexity index is 260. The van der Waals surface area contributed by atoms with E-state index >= 15 is 0 Å². The van der Waals surface area contributed by atoms with Gasteiger partial charge in [-0.2, -0.15) is 0 Å². The number of hydrogen-bond donors (Lipinski definition) is 1. The molecule has 1 N–H and O–H groups in total. The number of rotatable bonds is 6. The van der Waals surface area contributed by atoms with Gasteiger partial charge < -0.3 is 5.11 Å². The Morgan fingerprint density at radius 1 is 1.00 bits per heavy atom. The quantitative estimate of drug-likeness (QED) is 0.627. The monoisotopic (exact) mass is 332 g/mol. The molecule has 0 heterocycles. The van der Waals surface area contributed by atoms with Crippen molar-refractivity contribution in [3.63, 3.8) is 0 Å². The predicted octanol–water partition coefficient (Wildman–Crippen LogP) is 2.99. The van der Waals surface area contributed by atoms with E-state index in [4.69, 9.17) is 0 Å². The van der Waals surface area contributed by atoms with Crippen LogP contribution >= 0.6 is 0 Å². The van der Waals surface area contributed by atoms with Gasteiger partial charge in [-0.1, -0.05) is 50.8 Å². The number of aryl methyl sites for hydroxylation is 1. The Balaban J connectivity index is 0.00000196. The van der Waals surface area contributed by atoms with Gasteiger partial charge in [0.2, 0.25) is 0 Å². The molecular weight excluding hydrogens is 309 g/mol. The molecule has 1 nitrogen and oxygen atoms in total. The average Bonchev–Trinajstić information content (AvgIpc) is 2.20. The molecule has 0 saturated heterocycles. The summed E-state index contributed by atoms with van der Waals surface area (Å²) >= 11 is 0. The van der Waals surface area contributed by atoms with Gasteiger partial charge in [-0.3, -0.25) is 0 Å². The van der Waals surface area contributed by atoms with Crippen molar-refractivity contribution in [2.45, 2.75) is 45.4 Å². The van der Waals surface area contributed by atoms with E-state index in [0.29, 0.717) is 5.75 Å². The van der Waals surface area contributed by atoms with Gasteiger partial charge in [0.15, 0.2) is 0 Å². The second kappa shape index (κ2) is 9.79. The first-order valence-corrected chi connectivity index (χ1v) is 5.61. The minimum absolute atomic E-state index is 0. The summed E-state index contributed by atoms with van der Waals surface area (Å²) in [6.45, 7) is 2.23. The van der Waals surface area contributed by atoms with Crippen LogP contribution in [0.4, 0.5) is 0 Å². The fourth-order valence-corrected chi connectivity index (χ4v) is 1.64. The maximum atomic E-state index is 9.51. The third-order valence-electron chi connectivity index (χ3n) is 2.54. The number of aromatic hydroxyl groups is 1. The zero-order valence-corrected chi connectivity index (χ0v) is 9.00. The molecule has 0 amide bonds. The molecule has 0 aliphatic carbocycles. The SMILES string of the molecule is CCCCCCCc1ccccc1O.[BaH2]. The van der Waals surface area contributed by atoms with Gasteiger partial charge in [-0.05, 0) is 24.5 Å². The summed E-state index contributed by atoms with van der Waals surface area (Å²) in [6.07, 6.45) is 7.43. The molecule has 1 rings (SSSR count). The van der Waals surface area contributed by atoms with Gasteiger partial charge >= 0.3 is 48.9 Å². The Labute approximate surface area is 133 Å². The van der Waals surface area contributed by atoms with E-state index in [1.54, 1.807) is 6.07 Å². The van der Waals surface area contributed by atoms with E-state index in [2.05, 4.69) is 6.92 Å². The van der Waals surface area contributed by atoms with E-state index in [1.807, 2.05) is 18.2 Å². The Kier molecular flexibility index (Phi) is 10.2. The molecule has 82 valence electrons. The number of para-hydroxylation sites is 1. The zero-order valence-electron chi connectivity index (χ0n) is 9.00. The first-order valence-electron chi connectivity index (χ1n) is 5.61. The van der Waals surface area contributed by atoms with Gasteiger partial charge in [0.1, 0.15) is 5.75 Å². The zero-order chi connectivity index (χ0) is 10.2. The summed E-state index contributed by atoms with van der Waals surface area (Å²) in [5.41, 5.74) is 1.09. The van der Waals surface area contributed by atoms with E-state index < -0.39 is 0 Å². The number of phenolic OH excluding ortho intramolecular Hbond substituents is 1. The van der Waals surface area contributed by atoms with Gasteiger partial charge in [-0.25, -0.2) is 0 Å². The molecule has 0 aliphatic rings. The third kappa shape index (κ3) is 6.69. The number of unbranched alkanes of at least 4 members (excludes halogenated alkanes) is 4. The van der Waals surface area contributed by atoms with Gasteiger partial charge in [0.25, 0.3) is 0 Å². The van der Waals surface area contributed by atoms with Crippen molar-refractivity contribution in [3.8, 4) is 5.75 Å². The molecule has 0 saturated carbocycles. The van der Waals surface area contributed by atoms with Crippen LogP contribution in [0.5, 0.6) is 5.75 Å². The third-order valence-corrected chi connectivity index (χ3v) is 2.54. The van der Waals surface area contributed by atoms with Crippen molar-refractivity contribution in [3.05, 3.63) is 29.8 Å². The minimum atomic E-state index is 0. The first kappa shape index (κ1) is 15.6. The second-order valence-corrected chi connectivity index (χ2v) is 3.79. The van der Waals surface area contributed by atoms with Crippen molar-refractivity contribution in [1.82, 2.24) is 0 Å². The summed E-state index contributed by atoms with van der Waals surface area (Å²) in [7, 11) is 0. The Morgan fingerprint density at radius 3 is 2.33 bits per heavy atom. The second-order valence-electron chi connectivity index (χ2n) is 3.79. The van der Waals surface area contributed by atoms with Crippen molar-refractivity contribution in [1.29, 1.82) is 0 Å².